The van der Waals surface area contributed by atoms with Crippen molar-refractivity contribution >= 4 is 39.1 Å². The van der Waals surface area contributed by atoms with Gasteiger partial charge < -0.3 is 21.5 Å². The zero-order valence-electron chi connectivity index (χ0n) is 12.8. The monoisotopic (exact) mass is 376 g/mol. The van der Waals surface area contributed by atoms with Crippen molar-refractivity contribution < 1.29 is 27.9 Å². The van der Waals surface area contributed by atoms with E-state index in [4.69, 9.17) is 21.4 Å². The molecule has 3 heterocycles. The van der Waals surface area contributed by atoms with Crippen LogP contribution in [0.4, 0.5) is 19.0 Å². The molecular weight excluding hydrogens is 361 g/mol. The topological polar surface area (TPSA) is 123 Å². The standard InChI is InChI=1S/C12H14N4OS.C2HF3O2/c13-9-2-4-16(12(9)17)5-7-6-18-10-8(7)1-3-15-11(10)14;3-2(4,5)1(6)7/h1,3,6,9H,2,4-5,13H2,(H2,14,15);(H,6,7)/t9-;/m0./s1. The van der Waals surface area contributed by atoms with Crippen LogP contribution >= 0.6 is 11.3 Å². The summed E-state index contributed by atoms with van der Waals surface area (Å²) in [6.45, 7) is 1.34. The third-order valence-electron chi connectivity index (χ3n) is 3.54. The summed E-state index contributed by atoms with van der Waals surface area (Å²) in [6.07, 6.45) is -2.64. The number of anilines is 1. The minimum atomic E-state index is -5.08. The lowest BCUT2D eigenvalue weighted by Gasteiger charge is -2.15. The molecule has 11 heteroatoms. The fourth-order valence-corrected chi connectivity index (χ4v) is 3.24. The Balaban J connectivity index is 0.000000277. The zero-order valence-corrected chi connectivity index (χ0v) is 13.6. The smallest absolute Gasteiger partial charge is 0.475 e. The first-order valence-electron chi connectivity index (χ1n) is 7.06. The van der Waals surface area contributed by atoms with Gasteiger partial charge in [0.05, 0.1) is 10.7 Å². The van der Waals surface area contributed by atoms with Crippen LogP contribution in [0.3, 0.4) is 0 Å². The number of rotatable bonds is 2. The van der Waals surface area contributed by atoms with Crippen molar-refractivity contribution in [1.29, 1.82) is 0 Å². The molecule has 0 bridgehead atoms. The molecule has 0 spiro atoms. The second kappa shape index (κ2) is 7.23. The van der Waals surface area contributed by atoms with E-state index in [9.17, 15) is 18.0 Å². The molecular formula is C14H15F3N4O3S. The normalized spacial score (nSPS) is 17.5. The van der Waals surface area contributed by atoms with Crippen molar-refractivity contribution in [1.82, 2.24) is 9.88 Å². The molecule has 5 N–H and O–H groups in total. The van der Waals surface area contributed by atoms with Crippen LogP contribution < -0.4 is 11.5 Å². The fraction of sp³-hybridized carbons (Fsp3) is 0.357. The number of fused-ring (bicyclic) bond motifs is 1. The van der Waals surface area contributed by atoms with E-state index >= 15 is 0 Å². The Bertz CT molecular complexity index is 793. The molecule has 0 aliphatic carbocycles. The van der Waals surface area contributed by atoms with E-state index in [1.54, 1.807) is 17.5 Å². The largest absolute Gasteiger partial charge is 0.490 e. The Labute approximate surface area is 144 Å². The molecule has 0 saturated carbocycles. The molecule has 0 unspecified atom stereocenters. The number of nitrogens with two attached hydrogens (primary N) is 2. The predicted molar refractivity (Wildman–Crippen MR) is 85.7 cm³/mol. The first-order valence-corrected chi connectivity index (χ1v) is 7.94. The third-order valence-corrected chi connectivity index (χ3v) is 4.61. The van der Waals surface area contributed by atoms with Crippen LogP contribution in [-0.4, -0.2) is 45.6 Å². The highest BCUT2D eigenvalue weighted by Gasteiger charge is 2.38. The van der Waals surface area contributed by atoms with Crippen LogP contribution in [0, 0.1) is 0 Å². The van der Waals surface area contributed by atoms with Gasteiger partial charge >= 0.3 is 12.1 Å². The summed E-state index contributed by atoms with van der Waals surface area (Å²) in [4.78, 5) is 26.6. The Morgan fingerprint density at radius 1 is 1.48 bits per heavy atom. The SMILES string of the molecule is Nc1nccc2c(CN3CC[C@H](N)C3=O)csc12.O=C(O)C(F)(F)F. The minimum absolute atomic E-state index is 0.0383. The molecule has 1 aliphatic rings. The van der Waals surface area contributed by atoms with Gasteiger partial charge in [-0.25, -0.2) is 9.78 Å². The van der Waals surface area contributed by atoms with Gasteiger partial charge in [-0.1, -0.05) is 0 Å². The Hall–Kier alpha value is -2.40. The average molecular weight is 376 g/mol. The highest BCUT2D eigenvalue weighted by Crippen LogP contribution is 2.30. The average Bonchev–Trinajstić information content (AvgIpc) is 3.07. The molecule has 0 aromatic carbocycles. The van der Waals surface area contributed by atoms with Gasteiger partial charge in [0.25, 0.3) is 0 Å². The fourth-order valence-electron chi connectivity index (χ4n) is 2.28. The summed E-state index contributed by atoms with van der Waals surface area (Å²) >= 11 is 1.57. The number of hydrogen-bond acceptors (Lipinski definition) is 6. The molecule has 3 rings (SSSR count). The van der Waals surface area contributed by atoms with Gasteiger partial charge in [0.15, 0.2) is 0 Å². The number of carbonyl (C=O) groups excluding carboxylic acids is 1. The van der Waals surface area contributed by atoms with Crippen molar-refractivity contribution in [3.8, 4) is 0 Å². The van der Waals surface area contributed by atoms with Gasteiger partial charge in [-0.3, -0.25) is 4.79 Å². The summed E-state index contributed by atoms with van der Waals surface area (Å²) in [6, 6.07) is 1.61. The number of aliphatic carboxylic acids is 1. The molecule has 7 nitrogen and oxygen atoms in total. The number of carboxylic acid groups (broad SMARTS) is 1. The lowest BCUT2D eigenvalue weighted by molar-refractivity contribution is -0.192. The zero-order chi connectivity index (χ0) is 18.8. The van der Waals surface area contributed by atoms with Gasteiger partial charge in [0.1, 0.15) is 5.82 Å². The molecule has 0 radical (unpaired) electrons. The number of alkyl halides is 3. The molecule has 2 aromatic heterocycles. The number of aromatic nitrogens is 1. The highest BCUT2D eigenvalue weighted by atomic mass is 32.1. The highest BCUT2D eigenvalue weighted by molar-refractivity contribution is 7.18. The molecule has 136 valence electrons. The van der Waals surface area contributed by atoms with E-state index in [1.165, 1.54) is 0 Å². The van der Waals surface area contributed by atoms with Crippen LogP contribution in [0.2, 0.25) is 0 Å². The van der Waals surface area contributed by atoms with Crippen LogP contribution in [0.25, 0.3) is 10.1 Å². The molecule has 25 heavy (non-hydrogen) atoms. The number of nitrogen functional groups attached to an aromatic ring is 1. The second-order valence-corrected chi connectivity index (χ2v) is 6.17. The van der Waals surface area contributed by atoms with Crippen molar-refractivity contribution in [2.75, 3.05) is 12.3 Å². The lowest BCUT2D eigenvalue weighted by atomic mass is 10.2. The van der Waals surface area contributed by atoms with E-state index in [0.717, 1.165) is 28.6 Å². The number of amides is 1. The van der Waals surface area contributed by atoms with Gasteiger partial charge in [0, 0.05) is 24.7 Å². The predicted octanol–water partition coefficient (Wildman–Crippen LogP) is 1.57. The van der Waals surface area contributed by atoms with Gasteiger partial charge in [-0.2, -0.15) is 13.2 Å². The van der Waals surface area contributed by atoms with E-state index in [1.807, 2.05) is 16.3 Å². The van der Waals surface area contributed by atoms with E-state index < -0.39 is 12.1 Å². The first-order chi connectivity index (χ1) is 11.6. The number of thiophene rings is 1. The number of carbonyl (C=O) groups is 2. The minimum Gasteiger partial charge on any atom is -0.475 e. The van der Waals surface area contributed by atoms with Gasteiger partial charge in [-0.05, 0) is 23.4 Å². The second-order valence-electron chi connectivity index (χ2n) is 5.29. The number of pyridine rings is 1. The van der Waals surface area contributed by atoms with Crippen molar-refractivity contribution in [2.24, 2.45) is 5.73 Å². The van der Waals surface area contributed by atoms with Crippen LogP contribution in [0.5, 0.6) is 0 Å². The Kier molecular flexibility index (Phi) is 5.48. The van der Waals surface area contributed by atoms with Gasteiger partial charge in [0.2, 0.25) is 5.91 Å². The molecule has 1 saturated heterocycles. The lowest BCUT2D eigenvalue weighted by Crippen LogP contribution is -2.33. The number of halogens is 3. The number of hydrogen-bond donors (Lipinski definition) is 3. The maximum absolute atomic E-state index is 11.8. The third kappa shape index (κ3) is 4.37. The summed E-state index contributed by atoms with van der Waals surface area (Å²) in [7, 11) is 0. The molecule has 1 fully saturated rings. The molecule has 1 amide bonds. The molecule has 1 atom stereocenters. The van der Waals surface area contributed by atoms with Gasteiger partial charge in [-0.15, -0.1) is 11.3 Å². The van der Waals surface area contributed by atoms with E-state index in [0.29, 0.717) is 12.4 Å². The molecule has 1 aliphatic heterocycles. The maximum atomic E-state index is 11.8. The first kappa shape index (κ1) is 18.9. The van der Waals surface area contributed by atoms with E-state index in [2.05, 4.69) is 4.98 Å². The van der Waals surface area contributed by atoms with Crippen molar-refractivity contribution in [3.05, 3.63) is 23.2 Å². The Morgan fingerprint density at radius 3 is 2.64 bits per heavy atom. The number of carboxylic acids is 1. The summed E-state index contributed by atoms with van der Waals surface area (Å²) < 4.78 is 32.7. The summed E-state index contributed by atoms with van der Waals surface area (Å²) in [5.74, 6) is -2.17. The quantitative estimate of drug-likeness (QED) is 0.731. The summed E-state index contributed by atoms with van der Waals surface area (Å²) in [5, 5.41) is 10.3. The number of nitrogens with zero attached hydrogens (tertiary/aromatic N) is 2. The van der Waals surface area contributed by atoms with Crippen molar-refractivity contribution in [3.63, 3.8) is 0 Å². The maximum Gasteiger partial charge on any atom is 0.490 e. The van der Waals surface area contributed by atoms with Crippen molar-refractivity contribution in [2.45, 2.75) is 25.2 Å². The Morgan fingerprint density at radius 2 is 2.12 bits per heavy atom. The summed E-state index contributed by atoms with van der Waals surface area (Å²) in [5.41, 5.74) is 12.7. The van der Waals surface area contributed by atoms with E-state index in [-0.39, 0.29) is 11.9 Å². The van der Waals surface area contributed by atoms with Crippen LogP contribution in [0.15, 0.2) is 17.6 Å². The van der Waals surface area contributed by atoms with Crippen LogP contribution in [0.1, 0.15) is 12.0 Å². The number of likely N-dealkylation sites (tertiary alicyclic amines) is 1. The molecule has 2 aromatic rings. The van der Waals surface area contributed by atoms with Crippen LogP contribution in [-0.2, 0) is 16.1 Å².